The van der Waals surface area contributed by atoms with E-state index in [1.54, 1.807) is 32.6 Å². The molecule has 1 aromatic carbocycles. The minimum Gasteiger partial charge on any atom is -0.448 e. The van der Waals surface area contributed by atoms with Gasteiger partial charge in [-0.1, -0.05) is 22.6 Å². The van der Waals surface area contributed by atoms with Crippen LogP contribution in [0.1, 0.15) is 50.1 Å². The monoisotopic (exact) mass is 693 g/mol. The Kier molecular flexibility index (Phi) is 10.5. The van der Waals surface area contributed by atoms with Gasteiger partial charge in [-0.2, -0.15) is 17.9 Å². The molecule has 0 aliphatic carbocycles. The van der Waals surface area contributed by atoms with E-state index >= 15 is 0 Å². The molecule has 15 heteroatoms. The highest BCUT2D eigenvalue weighted by Gasteiger charge is 2.36. The number of amidine groups is 1. The second-order valence-corrected chi connectivity index (χ2v) is 11.1. The van der Waals surface area contributed by atoms with Crippen molar-refractivity contribution in [1.29, 1.82) is 0 Å². The van der Waals surface area contributed by atoms with E-state index in [9.17, 15) is 22.8 Å². The number of amides is 1. The molecule has 2 aromatic rings. The standard InChI is InChI=1S/C26H35F3IN7O4/c1-6-40-24(39)37-20(14-30)17(15-32-23(38)41-25(2,3)4)22(34-37)33-21(31)16-7-8-19(18(13-16)26(27,28)29)36-11-9-35(5)10-12-36/h7-8,13H,6,9-12,14-15H2,1-5H3,(H,32,38)(H2,31,33,34). The number of anilines is 1. The number of nitrogens with one attached hydrogen (secondary N) is 1. The highest BCUT2D eigenvalue weighted by atomic mass is 127. The fraction of sp³-hybridized carbons (Fsp3) is 0.538. The summed E-state index contributed by atoms with van der Waals surface area (Å²) in [4.78, 5) is 33.0. The van der Waals surface area contributed by atoms with Crippen molar-refractivity contribution in [1.82, 2.24) is 20.0 Å². The first-order chi connectivity index (χ1) is 19.1. The van der Waals surface area contributed by atoms with Gasteiger partial charge in [0, 0.05) is 47.4 Å². The van der Waals surface area contributed by atoms with Crippen molar-refractivity contribution in [3.63, 3.8) is 0 Å². The lowest BCUT2D eigenvalue weighted by molar-refractivity contribution is -0.137. The van der Waals surface area contributed by atoms with E-state index in [1.165, 1.54) is 12.1 Å². The Labute approximate surface area is 250 Å². The Morgan fingerprint density at radius 1 is 1.17 bits per heavy atom. The number of carbonyl (C=O) groups is 2. The van der Waals surface area contributed by atoms with Gasteiger partial charge in [0.05, 0.1) is 24.4 Å². The number of rotatable bonds is 7. The maximum atomic E-state index is 14.1. The quantitative estimate of drug-likeness (QED) is 0.186. The number of nitrogens with two attached hydrogens (primary N) is 1. The lowest BCUT2D eigenvalue weighted by Crippen LogP contribution is -2.45. The van der Waals surface area contributed by atoms with E-state index < -0.39 is 29.5 Å². The first-order valence-electron chi connectivity index (χ1n) is 12.9. The molecule has 2 heterocycles. The highest BCUT2D eigenvalue weighted by Crippen LogP contribution is 2.38. The number of carbonyl (C=O) groups excluding carboxylic acids is 2. The topological polar surface area (TPSA) is 127 Å². The van der Waals surface area contributed by atoms with E-state index in [2.05, 4.69) is 20.3 Å². The average molecular weight is 694 g/mol. The molecule has 1 aliphatic heterocycles. The number of likely N-dealkylation sites (N-methyl/N-ethyl adjacent to an activating group) is 1. The van der Waals surface area contributed by atoms with Gasteiger partial charge in [0.2, 0.25) is 0 Å². The van der Waals surface area contributed by atoms with Crippen molar-refractivity contribution in [3.05, 3.63) is 40.6 Å². The Bertz CT molecular complexity index is 1280. The van der Waals surface area contributed by atoms with Crippen LogP contribution in [0.4, 0.5) is 34.3 Å². The summed E-state index contributed by atoms with van der Waals surface area (Å²) in [7, 11) is 1.92. The second-order valence-electron chi connectivity index (χ2n) is 10.4. The number of ether oxygens (including phenoxy) is 2. The predicted octanol–water partition coefficient (Wildman–Crippen LogP) is 4.66. The molecule has 1 fully saturated rings. The van der Waals surface area contributed by atoms with Crippen LogP contribution in [-0.2, 0) is 26.6 Å². The molecule has 1 saturated heterocycles. The van der Waals surface area contributed by atoms with Crippen LogP contribution in [0.25, 0.3) is 0 Å². The van der Waals surface area contributed by atoms with E-state index in [-0.39, 0.29) is 40.5 Å². The third-order valence-electron chi connectivity index (χ3n) is 6.11. The summed E-state index contributed by atoms with van der Waals surface area (Å²) in [5, 5.41) is 6.84. The number of aromatic nitrogens is 2. The number of alkyl carbamates (subject to hydrolysis) is 1. The molecule has 0 bridgehead atoms. The zero-order chi connectivity index (χ0) is 30.5. The van der Waals surface area contributed by atoms with Crippen molar-refractivity contribution < 1.29 is 32.2 Å². The molecule has 226 valence electrons. The molecule has 1 aromatic heterocycles. The number of piperazine rings is 1. The lowest BCUT2D eigenvalue weighted by Gasteiger charge is -2.35. The van der Waals surface area contributed by atoms with Crippen LogP contribution >= 0.6 is 22.6 Å². The summed E-state index contributed by atoms with van der Waals surface area (Å²) in [5.41, 5.74) is 5.47. The minimum absolute atomic E-state index is 0.0305. The fourth-order valence-electron chi connectivity index (χ4n) is 4.12. The van der Waals surface area contributed by atoms with Gasteiger partial charge in [-0.25, -0.2) is 14.6 Å². The second kappa shape index (κ2) is 13.3. The van der Waals surface area contributed by atoms with Crippen molar-refractivity contribution >= 4 is 52.1 Å². The van der Waals surface area contributed by atoms with E-state index in [1.807, 2.05) is 29.6 Å². The van der Waals surface area contributed by atoms with Gasteiger partial charge in [0.25, 0.3) is 0 Å². The highest BCUT2D eigenvalue weighted by molar-refractivity contribution is 14.1. The zero-order valence-electron chi connectivity index (χ0n) is 23.6. The molecule has 0 spiro atoms. The number of alkyl halides is 4. The molecular formula is C26H35F3IN7O4. The summed E-state index contributed by atoms with van der Waals surface area (Å²) in [6.45, 7) is 8.93. The summed E-state index contributed by atoms with van der Waals surface area (Å²) in [6, 6.07) is 3.83. The normalized spacial score (nSPS) is 15.1. The molecule has 1 aliphatic rings. The summed E-state index contributed by atoms with van der Waals surface area (Å²) in [5.74, 6) is -0.289. The zero-order valence-corrected chi connectivity index (χ0v) is 25.8. The van der Waals surface area contributed by atoms with Gasteiger partial charge in [-0.05, 0) is 52.9 Å². The smallest absolute Gasteiger partial charge is 0.435 e. The lowest BCUT2D eigenvalue weighted by atomic mass is 10.1. The Balaban J connectivity index is 2.03. The molecule has 0 atom stereocenters. The van der Waals surface area contributed by atoms with Crippen LogP contribution in [0.2, 0.25) is 0 Å². The average Bonchev–Trinajstić information content (AvgIpc) is 3.23. The molecule has 11 nitrogen and oxygen atoms in total. The van der Waals surface area contributed by atoms with Crippen molar-refractivity contribution in [2.24, 2.45) is 10.7 Å². The van der Waals surface area contributed by atoms with Crippen LogP contribution in [0.5, 0.6) is 0 Å². The van der Waals surface area contributed by atoms with E-state index in [0.717, 1.165) is 10.7 Å². The number of benzene rings is 1. The molecular weight excluding hydrogens is 658 g/mol. The van der Waals surface area contributed by atoms with Crippen LogP contribution in [0.3, 0.4) is 0 Å². The van der Waals surface area contributed by atoms with Crippen LogP contribution in [-0.4, -0.2) is 78.1 Å². The third kappa shape index (κ3) is 8.47. The number of nitrogens with zero attached hydrogens (tertiary/aromatic N) is 5. The van der Waals surface area contributed by atoms with Gasteiger partial charge in [0.1, 0.15) is 11.4 Å². The number of hydrogen-bond acceptors (Lipinski definition) is 8. The number of aliphatic imine (C=N–C) groups is 1. The van der Waals surface area contributed by atoms with Crippen LogP contribution in [0, 0.1) is 0 Å². The van der Waals surface area contributed by atoms with Crippen molar-refractivity contribution in [2.45, 2.75) is 50.4 Å². The molecule has 0 unspecified atom stereocenters. The van der Waals surface area contributed by atoms with Crippen LogP contribution in [0.15, 0.2) is 23.2 Å². The van der Waals surface area contributed by atoms with Gasteiger partial charge >= 0.3 is 18.4 Å². The van der Waals surface area contributed by atoms with Gasteiger partial charge in [-0.3, -0.25) is 0 Å². The molecule has 3 N–H and O–H groups in total. The Hall–Kier alpha value is -3.08. The molecule has 3 rings (SSSR count). The van der Waals surface area contributed by atoms with E-state index in [0.29, 0.717) is 37.4 Å². The SMILES string of the molecule is CCOC(=O)n1nc(N=C(N)c2ccc(N3CCN(C)CC3)c(C(F)(F)F)c2)c(CNC(=O)OC(C)(C)C)c1CI. The maximum absolute atomic E-state index is 14.1. The van der Waals surface area contributed by atoms with Crippen molar-refractivity contribution in [2.75, 3.05) is 44.7 Å². The summed E-state index contributed by atoms with van der Waals surface area (Å²) in [6.07, 6.45) is -6.11. The molecule has 1 amide bonds. The molecule has 0 saturated carbocycles. The number of hydrogen-bond donors (Lipinski definition) is 2. The maximum Gasteiger partial charge on any atom is 0.435 e. The third-order valence-corrected chi connectivity index (χ3v) is 6.83. The van der Waals surface area contributed by atoms with Crippen LogP contribution < -0.4 is 16.0 Å². The fourth-order valence-corrected chi connectivity index (χ4v) is 4.90. The minimum atomic E-state index is -4.63. The largest absolute Gasteiger partial charge is 0.448 e. The number of halogens is 4. The van der Waals surface area contributed by atoms with Gasteiger partial charge in [0.15, 0.2) is 5.82 Å². The summed E-state index contributed by atoms with van der Waals surface area (Å²) < 4.78 is 54.1. The first kappa shape index (κ1) is 32.4. The predicted molar refractivity (Wildman–Crippen MR) is 157 cm³/mol. The summed E-state index contributed by atoms with van der Waals surface area (Å²) >= 11 is 2.02. The Morgan fingerprint density at radius 3 is 2.39 bits per heavy atom. The van der Waals surface area contributed by atoms with Crippen molar-refractivity contribution in [3.8, 4) is 0 Å². The molecule has 41 heavy (non-hydrogen) atoms. The Morgan fingerprint density at radius 2 is 1.83 bits per heavy atom. The molecule has 0 radical (unpaired) electrons. The van der Waals surface area contributed by atoms with E-state index in [4.69, 9.17) is 15.2 Å². The van der Waals surface area contributed by atoms with Gasteiger partial charge in [-0.15, -0.1) is 5.10 Å². The first-order valence-corrected chi connectivity index (χ1v) is 14.5. The van der Waals surface area contributed by atoms with Gasteiger partial charge < -0.3 is 30.3 Å².